The van der Waals surface area contributed by atoms with Gasteiger partial charge in [0.25, 0.3) is 0 Å². The summed E-state index contributed by atoms with van der Waals surface area (Å²) >= 11 is 0. The van der Waals surface area contributed by atoms with Crippen molar-refractivity contribution < 1.29 is 19.1 Å². The van der Waals surface area contributed by atoms with Gasteiger partial charge in [0.1, 0.15) is 12.2 Å². The highest BCUT2D eigenvalue weighted by atomic mass is 16.6. The SMILES string of the molecule is CCCCCCCCCCCCC(OC(=O)CC)C(CCCCCCCC)OC(=O)CC. The van der Waals surface area contributed by atoms with Gasteiger partial charge in [-0.15, -0.1) is 0 Å². The molecule has 0 rings (SSSR count). The zero-order valence-electron chi connectivity index (χ0n) is 21.9. The third-order valence-corrected chi connectivity index (χ3v) is 6.24. The van der Waals surface area contributed by atoms with Crippen LogP contribution in [0.1, 0.15) is 156 Å². The van der Waals surface area contributed by atoms with Gasteiger partial charge in [-0.3, -0.25) is 9.59 Å². The summed E-state index contributed by atoms with van der Waals surface area (Å²) in [5.74, 6) is -0.385. The van der Waals surface area contributed by atoms with E-state index < -0.39 is 0 Å². The maximum Gasteiger partial charge on any atom is 0.305 e. The Hall–Kier alpha value is -1.06. The van der Waals surface area contributed by atoms with Crippen LogP contribution in [0.4, 0.5) is 0 Å². The number of hydrogen-bond acceptors (Lipinski definition) is 4. The molecular weight excluding hydrogens is 400 g/mol. The summed E-state index contributed by atoms with van der Waals surface area (Å²) in [6.45, 7) is 8.12. The summed E-state index contributed by atoms with van der Waals surface area (Å²) in [6, 6.07) is 0. The number of esters is 2. The molecule has 0 saturated heterocycles. The van der Waals surface area contributed by atoms with Crippen LogP contribution in [0.5, 0.6) is 0 Å². The highest BCUT2D eigenvalue weighted by molar-refractivity contribution is 5.70. The van der Waals surface area contributed by atoms with Crippen LogP contribution in [0, 0.1) is 0 Å². The molecule has 0 aromatic heterocycles. The number of ether oxygens (including phenoxy) is 2. The first kappa shape index (κ1) is 30.9. The van der Waals surface area contributed by atoms with E-state index in [1.807, 2.05) is 13.8 Å². The molecule has 32 heavy (non-hydrogen) atoms. The van der Waals surface area contributed by atoms with E-state index in [0.29, 0.717) is 12.8 Å². The van der Waals surface area contributed by atoms with Gasteiger partial charge in [-0.1, -0.05) is 118 Å². The number of rotatable bonds is 23. The van der Waals surface area contributed by atoms with E-state index >= 15 is 0 Å². The Morgan fingerprint density at radius 3 is 1.03 bits per heavy atom. The van der Waals surface area contributed by atoms with Gasteiger partial charge in [0.2, 0.25) is 0 Å². The summed E-state index contributed by atoms with van der Waals surface area (Å²) in [5.41, 5.74) is 0. The Kier molecular flexibility index (Phi) is 22.3. The predicted octanol–water partition coefficient (Wildman–Crippen LogP) is 8.69. The minimum absolute atomic E-state index is 0.192. The van der Waals surface area contributed by atoms with E-state index in [0.717, 1.165) is 38.5 Å². The van der Waals surface area contributed by atoms with Crippen molar-refractivity contribution >= 4 is 11.9 Å². The summed E-state index contributed by atoms with van der Waals surface area (Å²) in [5, 5.41) is 0. The van der Waals surface area contributed by atoms with E-state index in [4.69, 9.17) is 9.47 Å². The van der Waals surface area contributed by atoms with Crippen LogP contribution in [0.15, 0.2) is 0 Å². The van der Waals surface area contributed by atoms with Gasteiger partial charge in [0.15, 0.2) is 0 Å². The van der Waals surface area contributed by atoms with Gasteiger partial charge in [0, 0.05) is 12.8 Å². The Morgan fingerprint density at radius 2 is 0.750 bits per heavy atom. The maximum absolute atomic E-state index is 12.0. The Balaban J connectivity index is 4.49. The van der Waals surface area contributed by atoms with Crippen LogP contribution in [-0.2, 0) is 19.1 Å². The van der Waals surface area contributed by atoms with Crippen LogP contribution in [0.3, 0.4) is 0 Å². The van der Waals surface area contributed by atoms with Crippen molar-refractivity contribution in [2.75, 3.05) is 0 Å². The number of carbonyl (C=O) groups excluding carboxylic acids is 2. The fourth-order valence-corrected chi connectivity index (χ4v) is 4.10. The third-order valence-electron chi connectivity index (χ3n) is 6.24. The highest BCUT2D eigenvalue weighted by Crippen LogP contribution is 2.21. The van der Waals surface area contributed by atoms with Gasteiger partial charge < -0.3 is 9.47 Å². The van der Waals surface area contributed by atoms with Gasteiger partial charge in [0.05, 0.1) is 0 Å². The van der Waals surface area contributed by atoms with E-state index in [9.17, 15) is 9.59 Å². The standard InChI is InChI=1S/C28H54O4/c1-5-9-11-13-15-16-17-18-20-22-24-26(32-28(30)8-4)25(31-27(29)7-3)23-21-19-14-12-10-6-2/h25-26H,5-24H2,1-4H3. The molecule has 2 atom stereocenters. The quantitative estimate of drug-likeness (QED) is 0.114. The molecule has 4 nitrogen and oxygen atoms in total. The molecule has 0 heterocycles. The largest absolute Gasteiger partial charge is 0.458 e. The third kappa shape index (κ3) is 18.5. The zero-order valence-corrected chi connectivity index (χ0v) is 21.9. The lowest BCUT2D eigenvalue weighted by Gasteiger charge is -2.27. The molecule has 0 spiro atoms. The molecule has 0 aliphatic heterocycles. The fraction of sp³-hybridized carbons (Fsp3) is 0.929. The Morgan fingerprint density at radius 1 is 0.469 bits per heavy atom. The van der Waals surface area contributed by atoms with Crippen molar-refractivity contribution in [1.82, 2.24) is 0 Å². The van der Waals surface area contributed by atoms with Gasteiger partial charge in [-0.2, -0.15) is 0 Å². The van der Waals surface area contributed by atoms with Crippen LogP contribution in [0.25, 0.3) is 0 Å². The number of unbranched alkanes of at least 4 members (excludes halogenated alkanes) is 14. The molecule has 0 fully saturated rings. The van der Waals surface area contributed by atoms with Crippen molar-refractivity contribution in [3.63, 3.8) is 0 Å². The van der Waals surface area contributed by atoms with Gasteiger partial charge in [-0.05, 0) is 25.7 Å². The van der Waals surface area contributed by atoms with E-state index in [2.05, 4.69) is 13.8 Å². The molecule has 0 aliphatic carbocycles. The number of hydrogen-bond donors (Lipinski definition) is 0. The lowest BCUT2D eigenvalue weighted by Crippen LogP contribution is -2.35. The molecule has 0 aromatic rings. The molecule has 190 valence electrons. The average Bonchev–Trinajstić information content (AvgIpc) is 2.80. The smallest absolute Gasteiger partial charge is 0.305 e. The first-order valence-electron chi connectivity index (χ1n) is 14.0. The van der Waals surface area contributed by atoms with Gasteiger partial charge >= 0.3 is 11.9 Å². The number of carbonyl (C=O) groups is 2. The van der Waals surface area contributed by atoms with E-state index in [1.54, 1.807) is 0 Å². The van der Waals surface area contributed by atoms with Crippen molar-refractivity contribution in [2.45, 2.75) is 168 Å². The van der Waals surface area contributed by atoms with Crippen molar-refractivity contribution in [2.24, 2.45) is 0 Å². The lowest BCUT2D eigenvalue weighted by atomic mass is 9.98. The second-order valence-corrected chi connectivity index (χ2v) is 9.29. The van der Waals surface area contributed by atoms with Crippen LogP contribution in [0.2, 0.25) is 0 Å². The first-order valence-corrected chi connectivity index (χ1v) is 14.0. The molecular formula is C28H54O4. The van der Waals surface area contributed by atoms with E-state index in [-0.39, 0.29) is 24.1 Å². The summed E-state index contributed by atoms with van der Waals surface area (Å²) in [7, 11) is 0. The summed E-state index contributed by atoms with van der Waals surface area (Å²) in [4.78, 5) is 24.1. The molecule has 0 amide bonds. The monoisotopic (exact) mass is 454 g/mol. The minimum Gasteiger partial charge on any atom is -0.458 e. The predicted molar refractivity (Wildman–Crippen MR) is 135 cm³/mol. The van der Waals surface area contributed by atoms with Crippen LogP contribution in [-0.4, -0.2) is 24.1 Å². The first-order chi connectivity index (χ1) is 15.6. The molecule has 0 N–H and O–H groups in total. The van der Waals surface area contributed by atoms with E-state index in [1.165, 1.54) is 77.0 Å². The molecule has 0 aromatic carbocycles. The van der Waals surface area contributed by atoms with Crippen LogP contribution < -0.4 is 0 Å². The maximum atomic E-state index is 12.0. The molecule has 2 unspecified atom stereocenters. The summed E-state index contributed by atoms with van der Waals surface area (Å²) < 4.78 is 11.5. The minimum atomic E-state index is -0.303. The summed E-state index contributed by atoms with van der Waals surface area (Å²) in [6.07, 6.45) is 21.7. The van der Waals surface area contributed by atoms with Crippen molar-refractivity contribution in [3.05, 3.63) is 0 Å². The Bertz CT molecular complexity index is 435. The fourth-order valence-electron chi connectivity index (χ4n) is 4.10. The molecule has 4 heteroatoms. The van der Waals surface area contributed by atoms with Crippen molar-refractivity contribution in [1.29, 1.82) is 0 Å². The molecule has 0 aliphatic rings. The van der Waals surface area contributed by atoms with Crippen LogP contribution >= 0.6 is 0 Å². The zero-order chi connectivity index (χ0) is 23.9. The second kappa shape index (κ2) is 23.1. The lowest BCUT2D eigenvalue weighted by molar-refractivity contribution is -0.169. The molecule has 0 saturated carbocycles. The van der Waals surface area contributed by atoms with Crippen molar-refractivity contribution in [3.8, 4) is 0 Å². The average molecular weight is 455 g/mol. The molecule has 0 radical (unpaired) electrons. The Labute approximate surface area is 199 Å². The second-order valence-electron chi connectivity index (χ2n) is 9.29. The molecule has 0 bridgehead atoms. The normalized spacial score (nSPS) is 13.0. The topological polar surface area (TPSA) is 52.6 Å². The van der Waals surface area contributed by atoms with Gasteiger partial charge in [-0.25, -0.2) is 0 Å². The highest BCUT2D eigenvalue weighted by Gasteiger charge is 2.27.